The highest BCUT2D eigenvalue weighted by atomic mass is 16.4. The zero-order valence-electron chi connectivity index (χ0n) is 8.71. The van der Waals surface area contributed by atoms with Crippen molar-refractivity contribution < 1.29 is 15.0 Å². The third-order valence-electron chi connectivity index (χ3n) is 0.675. The summed E-state index contributed by atoms with van der Waals surface area (Å²) in [7, 11) is 0. The van der Waals surface area contributed by atoms with Crippen molar-refractivity contribution in [2.75, 3.05) is 19.7 Å². The van der Waals surface area contributed by atoms with Gasteiger partial charge in [0, 0.05) is 12.7 Å². The Morgan fingerprint density at radius 2 is 1.62 bits per heavy atom. The van der Waals surface area contributed by atoms with Crippen LogP contribution in [0.15, 0.2) is 12.7 Å². The average Bonchev–Trinajstić information content (AvgIpc) is 2.08. The monoisotopic (exact) mass is 191 g/mol. The average molecular weight is 191 g/mol. The molecule has 0 aliphatic rings. The first kappa shape index (κ1) is 18.0. The van der Waals surface area contributed by atoms with Crippen molar-refractivity contribution in [2.24, 2.45) is 0 Å². The third kappa shape index (κ3) is 94.7. The summed E-state index contributed by atoms with van der Waals surface area (Å²) in [6, 6.07) is 0. The van der Waals surface area contributed by atoms with Gasteiger partial charge in [0.25, 0.3) is 0 Å². The van der Waals surface area contributed by atoms with E-state index < -0.39 is 5.97 Å². The van der Waals surface area contributed by atoms with Gasteiger partial charge in [-0.2, -0.15) is 0 Å². The molecule has 0 unspecified atom stereocenters. The zero-order valence-corrected chi connectivity index (χ0v) is 8.71. The lowest BCUT2D eigenvalue weighted by Crippen LogP contribution is -2.09. The van der Waals surface area contributed by atoms with Crippen LogP contribution >= 0.6 is 0 Å². The van der Waals surface area contributed by atoms with Crippen LogP contribution in [0, 0.1) is 0 Å². The van der Waals surface area contributed by atoms with E-state index in [-0.39, 0.29) is 6.61 Å². The molecule has 0 rings (SSSR count). The molecule has 0 radical (unpaired) electrons. The second kappa shape index (κ2) is 22.5. The number of aliphatic carboxylic acids is 1. The first-order valence-corrected chi connectivity index (χ1v) is 4.27. The van der Waals surface area contributed by atoms with E-state index in [9.17, 15) is 4.79 Å². The molecule has 4 nitrogen and oxygen atoms in total. The number of hydrogen-bond donors (Lipinski definition) is 3. The van der Waals surface area contributed by atoms with Gasteiger partial charge in [-0.15, -0.1) is 0 Å². The first-order valence-electron chi connectivity index (χ1n) is 4.27. The minimum atomic E-state index is -0.981. The quantitative estimate of drug-likeness (QED) is 0.579. The Balaban J connectivity index is -0.000000120. The van der Waals surface area contributed by atoms with Crippen molar-refractivity contribution in [3.8, 4) is 0 Å². The van der Waals surface area contributed by atoms with E-state index in [1.54, 1.807) is 6.92 Å². The molecule has 0 saturated heterocycles. The molecule has 0 bridgehead atoms. The number of carboxylic acid groups (broad SMARTS) is 1. The minimum Gasteiger partial charge on any atom is -0.478 e. The van der Waals surface area contributed by atoms with Crippen LogP contribution < -0.4 is 5.32 Å². The molecule has 0 atom stereocenters. The summed E-state index contributed by atoms with van der Waals surface area (Å²) < 4.78 is 0. The minimum absolute atomic E-state index is 0.250. The maximum Gasteiger partial charge on any atom is 0.327 e. The molecule has 13 heavy (non-hydrogen) atoms. The number of carbonyl (C=O) groups is 1. The molecule has 4 heteroatoms. The number of aliphatic hydroxyl groups excluding tert-OH is 1. The maximum atomic E-state index is 9.25. The van der Waals surface area contributed by atoms with E-state index in [0.717, 1.165) is 19.2 Å². The van der Waals surface area contributed by atoms with Crippen LogP contribution in [0.2, 0.25) is 0 Å². The number of nitrogens with one attached hydrogen (secondary N) is 1. The van der Waals surface area contributed by atoms with Crippen molar-refractivity contribution in [1.29, 1.82) is 0 Å². The highest BCUT2D eigenvalue weighted by molar-refractivity contribution is 5.78. The van der Waals surface area contributed by atoms with Crippen LogP contribution in [0.3, 0.4) is 0 Å². The Bertz CT molecular complexity index is 103. The van der Waals surface area contributed by atoms with E-state index in [1.165, 1.54) is 0 Å². The maximum absolute atomic E-state index is 9.25. The van der Waals surface area contributed by atoms with E-state index in [2.05, 4.69) is 25.7 Å². The fourth-order valence-electron chi connectivity index (χ4n) is 0.250. The molecule has 0 aliphatic heterocycles. The molecular weight excluding hydrogens is 170 g/mol. The summed E-state index contributed by atoms with van der Waals surface area (Å²) in [4.78, 5) is 9.25. The fraction of sp³-hybridized carbons (Fsp3) is 0.667. The normalized spacial score (nSPS) is 7.08. The molecule has 0 saturated carbocycles. The lowest BCUT2D eigenvalue weighted by molar-refractivity contribution is -0.131. The zero-order chi connectivity index (χ0) is 11.1. The van der Waals surface area contributed by atoms with Gasteiger partial charge >= 0.3 is 5.97 Å². The van der Waals surface area contributed by atoms with Gasteiger partial charge in [-0.25, -0.2) is 4.79 Å². The molecule has 0 amide bonds. The lowest BCUT2D eigenvalue weighted by Gasteiger charge is -1.86. The van der Waals surface area contributed by atoms with E-state index in [1.807, 2.05) is 0 Å². The van der Waals surface area contributed by atoms with Crippen LogP contribution in [0.5, 0.6) is 0 Å². The molecular formula is C9H21NO3. The summed E-state index contributed by atoms with van der Waals surface area (Å²) in [6.45, 7) is 11.3. The van der Waals surface area contributed by atoms with Gasteiger partial charge < -0.3 is 15.5 Å². The number of aliphatic hydroxyl groups is 1. The molecule has 0 aliphatic carbocycles. The van der Waals surface area contributed by atoms with Crippen molar-refractivity contribution in [2.45, 2.75) is 20.8 Å². The Morgan fingerprint density at radius 3 is 1.62 bits per heavy atom. The smallest absolute Gasteiger partial charge is 0.327 e. The van der Waals surface area contributed by atoms with Crippen molar-refractivity contribution in [1.82, 2.24) is 5.32 Å². The first-order chi connectivity index (χ1) is 6.10. The van der Waals surface area contributed by atoms with E-state index in [0.29, 0.717) is 0 Å². The SMILES string of the molecule is C=CC(=O)O.CCNCC.CCO. The number of rotatable bonds is 3. The number of hydrogen-bond acceptors (Lipinski definition) is 3. The summed E-state index contributed by atoms with van der Waals surface area (Å²) >= 11 is 0. The highest BCUT2D eigenvalue weighted by Crippen LogP contribution is 1.54. The van der Waals surface area contributed by atoms with Gasteiger partial charge in [0.2, 0.25) is 0 Å². The Hall–Kier alpha value is -0.870. The second-order valence-electron chi connectivity index (χ2n) is 1.82. The standard InChI is InChI=1S/C4H11N.C3H4O2.C2H6O/c1-3-5-4-2;1-2-3(4)5;1-2-3/h5H,3-4H2,1-2H3;2H,1H2,(H,4,5);3H,2H2,1H3. The molecule has 0 fully saturated rings. The largest absolute Gasteiger partial charge is 0.478 e. The van der Waals surface area contributed by atoms with Crippen LogP contribution in [0.25, 0.3) is 0 Å². The van der Waals surface area contributed by atoms with Gasteiger partial charge in [-0.1, -0.05) is 20.4 Å². The second-order valence-corrected chi connectivity index (χ2v) is 1.82. The van der Waals surface area contributed by atoms with E-state index in [4.69, 9.17) is 10.2 Å². The molecule has 0 heterocycles. The highest BCUT2D eigenvalue weighted by Gasteiger charge is 1.73. The Morgan fingerprint density at radius 1 is 1.38 bits per heavy atom. The molecule has 0 aromatic heterocycles. The van der Waals surface area contributed by atoms with Crippen LogP contribution in [-0.4, -0.2) is 35.9 Å². The summed E-state index contributed by atoms with van der Waals surface area (Å²) in [5.41, 5.74) is 0. The summed E-state index contributed by atoms with van der Waals surface area (Å²) in [5, 5.41) is 18.3. The summed E-state index contributed by atoms with van der Waals surface area (Å²) in [6.07, 6.45) is 0.833. The molecule has 80 valence electrons. The predicted molar refractivity (Wildman–Crippen MR) is 54.8 cm³/mol. The van der Waals surface area contributed by atoms with Gasteiger partial charge in [0.1, 0.15) is 0 Å². The predicted octanol–water partition coefficient (Wildman–Crippen LogP) is 0.871. The molecule has 0 spiro atoms. The third-order valence-corrected chi connectivity index (χ3v) is 0.675. The van der Waals surface area contributed by atoms with E-state index >= 15 is 0 Å². The number of carboxylic acids is 1. The topological polar surface area (TPSA) is 69.6 Å². The van der Waals surface area contributed by atoms with Crippen molar-refractivity contribution in [3.63, 3.8) is 0 Å². The van der Waals surface area contributed by atoms with Gasteiger partial charge in [-0.3, -0.25) is 0 Å². The lowest BCUT2D eigenvalue weighted by atomic mass is 10.7. The molecule has 0 aromatic carbocycles. The fourth-order valence-corrected chi connectivity index (χ4v) is 0.250. The Kier molecular flexibility index (Phi) is 31.2. The van der Waals surface area contributed by atoms with Gasteiger partial charge in [0.15, 0.2) is 0 Å². The van der Waals surface area contributed by atoms with Crippen LogP contribution in [0.4, 0.5) is 0 Å². The van der Waals surface area contributed by atoms with Gasteiger partial charge in [0.05, 0.1) is 0 Å². The van der Waals surface area contributed by atoms with Gasteiger partial charge in [-0.05, 0) is 20.0 Å². The summed E-state index contributed by atoms with van der Waals surface area (Å²) in [5.74, 6) is -0.981. The van der Waals surface area contributed by atoms with Crippen molar-refractivity contribution >= 4 is 5.97 Å². The molecule has 3 N–H and O–H groups in total. The van der Waals surface area contributed by atoms with Crippen LogP contribution in [-0.2, 0) is 4.79 Å². The Labute approximate surface area is 80.3 Å². The van der Waals surface area contributed by atoms with Crippen LogP contribution in [0.1, 0.15) is 20.8 Å². The molecule has 0 aromatic rings. The van der Waals surface area contributed by atoms with Crippen molar-refractivity contribution in [3.05, 3.63) is 12.7 Å².